The van der Waals surface area contributed by atoms with E-state index in [0.29, 0.717) is 23.4 Å². The molecule has 6 nitrogen and oxygen atoms in total. The SMILES string of the molecule is CC(=O)c1ccc(NC(=O)c2cc(C(=O)NCc3cccc(C)c3)ccn2)cc1. The van der Waals surface area contributed by atoms with Crippen molar-refractivity contribution in [2.45, 2.75) is 20.4 Å². The molecule has 6 heteroatoms. The highest BCUT2D eigenvalue weighted by Crippen LogP contribution is 2.12. The third-order valence-corrected chi connectivity index (χ3v) is 4.34. The van der Waals surface area contributed by atoms with Gasteiger partial charge in [-0.3, -0.25) is 19.4 Å². The lowest BCUT2D eigenvalue weighted by Gasteiger charge is -2.08. The molecule has 1 heterocycles. The molecule has 0 fully saturated rings. The van der Waals surface area contributed by atoms with Crippen LogP contribution in [0.5, 0.6) is 0 Å². The summed E-state index contributed by atoms with van der Waals surface area (Å²) in [6, 6.07) is 17.5. The summed E-state index contributed by atoms with van der Waals surface area (Å²) >= 11 is 0. The maximum absolute atomic E-state index is 12.5. The molecule has 0 radical (unpaired) electrons. The van der Waals surface area contributed by atoms with Crippen LogP contribution in [0.1, 0.15) is 49.3 Å². The van der Waals surface area contributed by atoms with Crippen LogP contribution in [0.4, 0.5) is 5.69 Å². The van der Waals surface area contributed by atoms with Crippen LogP contribution in [0.15, 0.2) is 66.9 Å². The number of carbonyl (C=O) groups is 3. The molecule has 2 N–H and O–H groups in total. The Kier molecular flexibility index (Phi) is 6.14. The lowest BCUT2D eigenvalue weighted by atomic mass is 10.1. The van der Waals surface area contributed by atoms with Gasteiger partial charge in [-0.25, -0.2) is 0 Å². The van der Waals surface area contributed by atoms with Gasteiger partial charge < -0.3 is 10.6 Å². The van der Waals surface area contributed by atoms with Crippen molar-refractivity contribution in [2.24, 2.45) is 0 Å². The quantitative estimate of drug-likeness (QED) is 0.630. The molecule has 0 spiro atoms. The number of carbonyl (C=O) groups excluding carboxylic acids is 3. The number of aromatic nitrogens is 1. The molecule has 2 amide bonds. The molecule has 1 aromatic heterocycles. The van der Waals surface area contributed by atoms with E-state index in [0.717, 1.165) is 11.1 Å². The van der Waals surface area contributed by atoms with Gasteiger partial charge in [-0.05, 0) is 55.8 Å². The summed E-state index contributed by atoms with van der Waals surface area (Å²) < 4.78 is 0. The average molecular weight is 387 g/mol. The minimum absolute atomic E-state index is 0.0473. The first-order chi connectivity index (χ1) is 13.9. The van der Waals surface area contributed by atoms with Crippen LogP contribution in [0.2, 0.25) is 0 Å². The molecule has 0 saturated heterocycles. The van der Waals surface area contributed by atoms with Gasteiger partial charge in [-0.1, -0.05) is 29.8 Å². The molecule has 3 rings (SSSR count). The smallest absolute Gasteiger partial charge is 0.274 e. The van der Waals surface area contributed by atoms with Crippen molar-refractivity contribution in [1.29, 1.82) is 0 Å². The van der Waals surface area contributed by atoms with Crippen molar-refractivity contribution in [2.75, 3.05) is 5.32 Å². The summed E-state index contributed by atoms with van der Waals surface area (Å²) in [6.45, 7) is 3.87. The number of pyridine rings is 1. The number of ketones is 1. The summed E-state index contributed by atoms with van der Waals surface area (Å²) in [5.41, 5.74) is 3.70. The molecular formula is C23H21N3O3. The molecule has 29 heavy (non-hydrogen) atoms. The van der Waals surface area contributed by atoms with Crippen molar-refractivity contribution >= 4 is 23.3 Å². The van der Waals surface area contributed by atoms with Gasteiger partial charge in [0.2, 0.25) is 0 Å². The van der Waals surface area contributed by atoms with Crippen molar-refractivity contribution in [3.05, 3.63) is 94.8 Å². The lowest BCUT2D eigenvalue weighted by molar-refractivity contribution is 0.0949. The number of nitrogens with zero attached hydrogens (tertiary/aromatic N) is 1. The van der Waals surface area contributed by atoms with Gasteiger partial charge in [0.15, 0.2) is 5.78 Å². The molecule has 2 aromatic carbocycles. The van der Waals surface area contributed by atoms with Crippen LogP contribution >= 0.6 is 0 Å². The number of amides is 2. The van der Waals surface area contributed by atoms with Gasteiger partial charge >= 0.3 is 0 Å². The molecule has 0 bridgehead atoms. The number of hydrogen-bond donors (Lipinski definition) is 2. The van der Waals surface area contributed by atoms with Gasteiger partial charge in [0.25, 0.3) is 11.8 Å². The van der Waals surface area contributed by atoms with Gasteiger partial charge in [-0.15, -0.1) is 0 Å². The average Bonchev–Trinajstić information content (AvgIpc) is 2.72. The number of anilines is 1. The van der Waals surface area contributed by atoms with Gasteiger partial charge in [0, 0.05) is 29.6 Å². The van der Waals surface area contributed by atoms with Crippen molar-refractivity contribution in [3.63, 3.8) is 0 Å². The Bertz CT molecular complexity index is 1060. The Hall–Kier alpha value is -3.80. The Labute approximate surface area is 169 Å². The fourth-order valence-electron chi connectivity index (χ4n) is 2.79. The largest absolute Gasteiger partial charge is 0.348 e. The third-order valence-electron chi connectivity index (χ3n) is 4.34. The topological polar surface area (TPSA) is 88.2 Å². The zero-order valence-corrected chi connectivity index (χ0v) is 16.2. The molecule has 0 aliphatic rings. The second-order valence-corrected chi connectivity index (χ2v) is 6.69. The Morgan fingerprint density at radius 3 is 2.34 bits per heavy atom. The maximum atomic E-state index is 12.5. The minimum Gasteiger partial charge on any atom is -0.348 e. The van der Waals surface area contributed by atoms with Crippen LogP contribution in [-0.4, -0.2) is 22.6 Å². The van der Waals surface area contributed by atoms with E-state index < -0.39 is 5.91 Å². The standard InChI is InChI=1S/C23H21N3O3/c1-15-4-3-5-17(12-15)14-25-22(28)19-10-11-24-21(13-19)23(29)26-20-8-6-18(7-9-20)16(2)27/h3-13H,14H2,1-2H3,(H,25,28)(H,26,29). The molecule has 0 aliphatic heterocycles. The van der Waals surface area contributed by atoms with Crippen LogP contribution in [0.25, 0.3) is 0 Å². The number of rotatable bonds is 6. The van der Waals surface area contributed by atoms with E-state index >= 15 is 0 Å². The van der Waals surface area contributed by atoms with Gasteiger partial charge in [0.1, 0.15) is 5.69 Å². The molecule has 3 aromatic rings. The lowest BCUT2D eigenvalue weighted by Crippen LogP contribution is -2.23. The first-order valence-electron chi connectivity index (χ1n) is 9.14. The molecule has 0 atom stereocenters. The van der Waals surface area contributed by atoms with Crippen LogP contribution in [0, 0.1) is 6.92 Å². The fraction of sp³-hybridized carbons (Fsp3) is 0.130. The summed E-state index contributed by atoms with van der Waals surface area (Å²) in [4.78, 5) is 40.3. The minimum atomic E-state index is -0.436. The van der Waals surface area contributed by atoms with E-state index in [4.69, 9.17) is 0 Å². The zero-order valence-electron chi connectivity index (χ0n) is 16.2. The summed E-state index contributed by atoms with van der Waals surface area (Å²) in [5.74, 6) is -0.767. The highest BCUT2D eigenvalue weighted by Gasteiger charge is 2.12. The number of nitrogens with one attached hydrogen (secondary N) is 2. The van der Waals surface area contributed by atoms with Crippen LogP contribution in [-0.2, 0) is 6.54 Å². The van der Waals surface area contributed by atoms with Crippen molar-refractivity contribution in [1.82, 2.24) is 10.3 Å². The monoisotopic (exact) mass is 387 g/mol. The van der Waals surface area contributed by atoms with E-state index in [2.05, 4.69) is 15.6 Å². The number of benzene rings is 2. The van der Waals surface area contributed by atoms with E-state index in [1.54, 1.807) is 30.3 Å². The van der Waals surface area contributed by atoms with Crippen LogP contribution in [0.3, 0.4) is 0 Å². The highest BCUT2D eigenvalue weighted by atomic mass is 16.2. The molecule has 0 aliphatic carbocycles. The molecular weight excluding hydrogens is 366 g/mol. The Morgan fingerprint density at radius 2 is 1.66 bits per heavy atom. The second-order valence-electron chi connectivity index (χ2n) is 6.69. The summed E-state index contributed by atoms with van der Waals surface area (Å²) in [6.07, 6.45) is 1.43. The summed E-state index contributed by atoms with van der Waals surface area (Å²) in [7, 11) is 0. The van der Waals surface area contributed by atoms with Crippen molar-refractivity contribution < 1.29 is 14.4 Å². The third kappa shape index (κ3) is 5.35. The van der Waals surface area contributed by atoms with Gasteiger partial charge in [0.05, 0.1) is 0 Å². The van der Waals surface area contributed by atoms with Crippen molar-refractivity contribution in [3.8, 4) is 0 Å². The zero-order chi connectivity index (χ0) is 20.8. The molecule has 0 unspecified atom stereocenters. The predicted molar refractivity (Wildman–Crippen MR) is 111 cm³/mol. The second kappa shape index (κ2) is 8.93. The van der Waals surface area contributed by atoms with E-state index in [-0.39, 0.29) is 17.4 Å². The number of Topliss-reactive ketones (excluding diaryl/α,β-unsaturated/α-hetero) is 1. The predicted octanol–water partition coefficient (Wildman–Crippen LogP) is 3.77. The maximum Gasteiger partial charge on any atom is 0.274 e. The highest BCUT2D eigenvalue weighted by molar-refractivity contribution is 6.05. The fourth-order valence-corrected chi connectivity index (χ4v) is 2.79. The van der Waals surface area contributed by atoms with E-state index in [9.17, 15) is 14.4 Å². The normalized spacial score (nSPS) is 10.3. The van der Waals surface area contributed by atoms with Gasteiger partial charge in [-0.2, -0.15) is 0 Å². The Morgan fingerprint density at radius 1 is 0.897 bits per heavy atom. The van der Waals surface area contributed by atoms with E-state index in [1.165, 1.54) is 19.2 Å². The number of hydrogen-bond acceptors (Lipinski definition) is 4. The van der Waals surface area contributed by atoms with E-state index in [1.807, 2.05) is 31.2 Å². The first-order valence-corrected chi connectivity index (χ1v) is 9.14. The first kappa shape index (κ1) is 19.9. The molecule has 0 saturated carbocycles. The molecule has 146 valence electrons. The summed E-state index contributed by atoms with van der Waals surface area (Å²) in [5, 5.41) is 5.55. The van der Waals surface area contributed by atoms with Crippen LogP contribution < -0.4 is 10.6 Å². The number of aryl methyl sites for hydroxylation is 1. The Balaban J connectivity index is 1.65.